The SMILES string of the molecule is C=CC(O)(c1ccc(OCC)cc1)C1CC1. The molecule has 1 aromatic carbocycles. The Morgan fingerprint density at radius 3 is 2.50 bits per heavy atom. The van der Waals surface area contributed by atoms with E-state index in [0.717, 1.165) is 24.2 Å². The van der Waals surface area contributed by atoms with Crippen molar-refractivity contribution in [1.29, 1.82) is 0 Å². The first-order valence-corrected chi connectivity index (χ1v) is 5.80. The van der Waals surface area contributed by atoms with E-state index in [1.165, 1.54) is 0 Å². The van der Waals surface area contributed by atoms with Crippen LogP contribution in [0, 0.1) is 5.92 Å². The van der Waals surface area contributed by atoms with Gasteiger partial charge in [0.2, 0.25) is 0 Å². The second-order valence-electron chi connectivity index (χ2n) is 4.26. The van der Waals surface area contributed by atoms with Crippen molar-refractivity contribution in [3.05, 3.63) is 42.5 Å². The number of rotatable bonds is 5. The number of aliphatic hydroxyl groups is 1. The Morgan fingerprint density at radius 1 is 1.44 bits per heavy atom. The lowest BCUT2D eigenvalue weighted by atomic mass is 9.89. The molecule has 86 valence electrons. The largest absolute Gasteiger partial charge is 0.494 e. The van der Waals surface area contributed by atoms with Crippen molar-refractivity contribution in [2.75, 3.05) is 6.61 Å². The van der Waals surface area contributed by atoms with Crippen LogP contribution in [0.1, 0.15) is 25.3 Å². The van der Waals surface area contributed by atoms with Gasteiger partial charge < -0.3 is 9.84 Å². The van der Waals surface area contributed by atoms with Gasteiger partial charge in [-0.25, -0.2) is 0 Å². The molecule has 0 saturated heterocycles. The Labute approximate surface area is 96.6 Å². The first-order chi connectivity index (χ1) is 7.70. The first kappa shape index (κ1) is 11.2. The zero-order valence-corrected chi connectivity index (χ0v) is 9.65. The molecule has 1 unspecified atom stereocenters. The highest BCUT2D eigenvalue weighted by molar-refractivity contribution is 5.34. The molecule has 16 heavy (non-hydrogen) atoms. The van der Waals surface area contributed by atoms with E-state index in [1.54, 1.807) is 6.08 Å². The second-order valence-corrected chi connectivity index (χ2v) is 4.26. The van der Waals surface area contributed by atoms with Gasteiger partial charge in [0.05, 0.1) is 6.61 Å². The van der Waals surface area contributed by atoms with Gasteiger partial charge in [0.25, 0.3) is 0 Å². The molecule has 0 bridgehead atoms. The maximum Gasteiger partial charge on any atom is 0.119 e. The average Bonchev–Trinajstić information content (AvgIpc) is 3.14. The van der Waals surface area contributed by atoms with Crippen LogP contribution in [0.25, 0.3) is 0 Å². The molecule has 0 radical (unpaired) electrons. The summed E-state index contributed by atoms with van der Waals surface area (Å²) in [4.78, 5) is 0. The van der Waals surface area contributed by atoms with Crippen LogP contribution in [0.2, 0.25) is 0 Å². The van der Waals surface area contributed by atoms with Crippen LogP contribution in [-0.2, 0) is 5.60 Å². The van der Waals surface area contributed by atoms with Gasteiger partial charge in [0.1, 0.15) is 11.4 Å². The molecule has 1 saturated carbocycles. The van der Waals surface area contributed by atoms with Crippen molar-refractivity contribution < 1.29 is 9.84 Å². The summed E-state index contributed by atoms with van der Waals surface area (Å²) in [5.74, 6) is 1.18. The predicted octanol–water partition coefficient (Wildman–Crippen LogP) is 2.87. The number of hydrogen-bond donors (Lipinski definition) is 1. The minimum atomic E-state index is -0.856. The van der Waals surface area contributed by atoms with Crippen LogP contribution in [-0.4, -0.2) is 11.7 Å². The van der Waals surface area contributed by atoms with Gasteiger partial charge in [-0.1, -0.05) is 24.8 Å². The summed E-state index contributed by atoms with van der Waals surface area (Å²) < 4.78 is 5.38. The van der Waals surface area contributed by atoms with E-state index in [-0.39, 0.29) is 0 Å². The summed E-state index contributed by atoms with van der Waals surface area (Å²) in [7, 11) is 0. The maximum atomic E-state index is 10.5. The fraction of sp³-hybridized carbons (Fsp3) is 0.429. The van der Waals surface area contributed by atoms with E-state index < -0.39 is 5.60 Å². The quantitative estimate of drug-likeness (QED) is 0.770. The van der Waals surface area contributed by atoms with Crippen LogP contribution < -0.4 is 4.74 Å². The molecule has 0 spiro atoms. The maximum absolute atomic E-state index is 10.5. The van der Waals surface area contributed by atoms with E-state index in [0.29, 0.717) is 12.5 Å². The van der Waals surface area contributed by atoms with E-state index in [1.807, 2.05) is 31.2 Å². The highest BCUT2D eigenvalue weighted by Crippen LogP contribution is 2.46. The van der Waals surface area contributed by atoms with E-state index in [9.17, 15) is 5.11 Å². The third-order valence-electron chi connectivity index (χ3n) is 3.14. The van der Waals surface area contributed by atoms with Crippen LogP contribution in [0.4, 0.5) is 0 Å². The summed E-state index contributed by atoms with van der Waals surface area (Å²) in [6.07, 6.45) is 3.81. The van der Waals surface area contributed by atoms with Gasteiger partial charge in [-0.15, -0.1) is 0 Å². The van der Waals surface area contributed by atoms with E-state index >= 15 is 0 Å². The van der Waals surface area contributed by atoms with Crippen LogP contribution in [0.15, 0.2) is 36.9 Å². The highest BCUT2D eigenvalue weighted by atomic mass is 16.5. The van der Waals surface area contributed by atoms with Gasteiger partial charge in [-0.05, 0) is 43.4 Å². The summed E-state index contributed by atoms with van der Waals surface area (Å²) in [5.41, 5.74) is 0.0542. The van der Waals surface area contributed by atoms with Crippen LogP contribution in [0.3, 0.4) is 0 Å². The van der Waals surface area contributed by atoms with Gasteiger partial charge in [-0.3, -0.25) is 0 Å². The summed E-state index contributed by atoms with van der Waals surface area (Å²) in [6.45, 7) is 6.36. The van der Waals surface area contributed by atoms with Gasteiger partial charge in [0, 0.05) is 0 Å². The molecule has 0 heterocycles. The zero-order chi connectivity index (χ0) is 11.6. The van der Waals surface area contributed by atoms with E-state index in [2.05, 4.69) is 6.58 Å². The Hall–Kier alpha value is -1.28. The molecule has 1 aliphatic carbocycles. The monoisotopic (exact) mass is 218 g/mol. The fourth-order valence-corrected chi connectivity index (χ4v) is 2.03. The minimum Gasteiger partial charge on any atom is -0.494 e. The lowest BCUT2D eigenvalue weighted by Gasteiger charge is -2.24. The van der Waals surface area contributed by atoms with Crippen molar-refractivity contribution in [3.8, 4) is 5.75 Å². The van der Waals surface area contributed by atoms with Crippen molar-refractivity contribution in [2.45, 2.75) is 25.4 Å². The number of ether oxygens (including phenoxy) is 1. The molecule has 2 nitrogen and oxygen atoms in total. The Kier molecular flexibility index (Phi) is 3.01. The minimum absolute atomic E-state index is 0.336. The highest BCUT2D eigenvalue weighted by Gasteiger charge is 2.42. The molecule has 1 aliphatic rings. The topological polar surface area (TPSA) is 29.5 Å². The summed E-state index contributed by atoms with van der Waals surface area (Å²) >= 11 is 0. The molecule has 1 fully saturated rings. The third-order valence-corrected chi connectivity index (χ3v) is 3.14. The average molecular weight is 218 g/mol. The molecule has 2 rings (SSSR count). The number of hydrogen-bond acceptors (Lipinski definition) is 2. The van der Waals surface area contributed by atoms with Crippen molar-refractivity contribution in [1.82, 2.24) is 0 Å². The molecule has 0 aromatic heterocycles. The lowest BCUT2D eigenvalue weighted by Crippen LogP contribution is -2.25. The summed E-state index contributed by atoms with van der Waals surface area (Å²) in [6, 6.07) is 7.64. The third kappa shape index (κ3) is 1.98. The lowest BCUT2D eigenvalue weighted by molar-refractivity contribution is 0.0653. The molecular weight excluding hydrogens is 200 g/mol. The summed E-state index contributed by atoms with van der Waals surface area (Å²) in [5, 5.41) is 10.5. The van der Waals surface area contributed by atoms with Crippen molar-refractivity contribution in [3.63, 3.8) is 0 Å². The van der Waals surface area contributed by atoms with Gasteiger partial charge >= 0.3 is 0 Å². The predicted molar refractivity (Wildman–Crippen MR) is 64.4 cm³/mol. The second kappa shape index (κ2) is 4.30. The molecular formula is C14H18O2. The van der Waals surface area contributed by atoms with Crippen molar-refractivity contribution in [2.24, 2.45) is 5.92 Å². The first-order valence-electron chi connectivity index (χ1n) is 5.80. The van der Waals surface area contributed by atoms with Crippen LogP contribution >= 0.6 is 0 Å². The molecule has 2 heteroatoms. The molecule has 1 atom stereocenters. The molecule has 0 amide bonds. The molecule has 0 aliphatic heterocycles. The Balaban J connectivity index is 2.22. The zero-order valence-electron chi connectivity index (χ0n) is 9.65. The standard InChI is InChI=1S/C14H18O2/c1-3-14(15,11-5-6-11)12-7-9-13(10-8-12)16-4-2/h3,7-11,15H,1,4-6H2,2H3. The molecule has 1 aromatic rings. The Bertz CT molecular complexity index is 365. The van der Waals surface area contributed by atoms with Gasteiger partial charge in [0.15, 0.2) is 0 Å². The van der Waals surface area contributed by atoms with E-state index in [4.69, 9.17) is 4.74 Å². The smallest absolute Gasteiger partial charge is 0.119 e. The molecule has 1 N–H and O–H groups in total. The fourth-order valence-electron chi connectivity index (χ4n) is 2.03. The van der Waals surface area contributed by atoms with Crippen molar-refractivity contribution >= 4 is 0 Å². The normalized spacial score (nSPS) is 18.9. The number of benzene rings is 1. The van der Waals surface area contributed by atoms with Gasteiger partial charge in [-0.2, -0.15) is 0 Å². The Morgan fingerprint density at radius 2 is 2.06 bits per heavy atom. The van der Waals surface area contributed by atoms with Crippen LogP contribution in [0.5, 0.6) is 5.75 Å².